The molecule has 1 aliphatic heterocycles. The first-order valence-electron chi connectivity index (χ1n) is 6.47. The number of rotatable bonds is 4. The van der Waals surface area contributed by atoms with Crippen LogP contribution in [-0.4, -0.2) is 11.1 Å². The second-order valence-corrected chi connectivity index (χ2v) is 5.39. The molecule has 4 heteroatoms. The van der Waals surface area contributed by atoms with Crippen molar-refractivity contribution in [2.45, 2.75) is 46.2 Å². The number of aryl methyl sites for hydroxylation is 1. The molecule has 4 nitrogen and oxygen atoms in total. The molecule has 1 aromatic rings. The van der Waals surface area contributed by atoms with E-state index >= 15 is 0 Å². The molecule has 0 radical (unpaired) electrons. The minimum Gasteiger partial charge on any atom is -0.464 e. The Labute approximate surface area is 108 Å². The van der Waals surface area contributed by atoms with Crippen LogP contribution in [0.25, 0.3) is 0 Å². The number of furan rings is 1. The first-order chi connectivity index (χ1) is 8.47. The van der Waals surface area contributed by atoms with Gasteiger partial charge in [-0.3, -0.25) is 0 Å². The molecule has 0 aromatic carbocycles. The lowest BCUT2D eigenvalue weighted by atomic mass is 10.0. The van der Waals surface area contributed by atoms with Crippen molar-refractivity contribution in [3.63, 3.8) is 0 Å². The van der Waals surface area contributed by atoms with E-state index in [4.69, 9.17) is 15.0 Å². The Bertz CT molecular complexity index is 437. The standard InChI is InChI=1S/C14H22N2O2/c1-9(2)7-10(3)16-12(8-14(15)18-16)13-6-5-11(4)17-13/h5-6,8-10,12H,7,15H2,1-4H3. The van der Waals surface area contributed by atoms with Gasteiger partial charge in [-0.1, -0.05) is 13.8 Å². The van der Waals surface area contributed by atoms with Crippen molar-refractivity contribution in [1.82, 2.24) is 5.06 Å². The highest BCUT2D eigenvalue weighted by atomic mass is 16.7. The first-order valence-corrected chi connectivity index (χ1v) is 6.47. The van der Waals surface area contributed by atoms with E-state index in [0.29, 0.717) is 11.8 Å². The molecule has 0 amide bonds. The van der Waals surface area contributed by atoms with Crippen molar-refractivity contribution < 1.29 is 9.25 Å². The lowest BCUT2D eigenvalue weighted by molar-refractivity contribution is -0.154. The summed E-state index contributed by atoms with van der Waals surface area (Å²) in [7, 11) is 0. The van der Waals surface area contributed by atoms with E-state index in [2.05, 4.69) is 20.8 Å². The zero-order valence-electron chi connectivity index (χ0n) is 11.5. The van der Waals surface area contributed by atoms with E-state index in [-0.39, 0.29) is 12.1 Å². The zero-order chi connectivity index (χ0) is 13.3. The summed E-state index contributed by atoms with van der Waals surface area (Å²) in [6.07, 6.45) is 2.95. The Morgan fingerprint density at radius 3 is 2.61 bits per heavy atom. The normalized spacial score (nSPS) is 22.1. The van der Waals surface area contributed by atoms with E-state index in [1.807, 2.05) is 30.2 Å². The summed E-state index contributed by atoms with van der Waals surface area (Å²) in [6.45, 7) is 8.49. The Balaban J connectivity index is 2.16. The summed E-state index contributed by atoms with van der Waals surface area (Å²) in [5.74, 6) is 2.85. The summed E-state index contributed by atoms with van der Waals surface area (Å²) in [5.41, 5.74) is 5.78. The zero-order valence-corrected chi connectivity index (χ0v) is 11.5. The van der Waals surface area contributed by atoms with Gasteiger partial charge in [0.1, 0.15) is 17.6 Å². The summed E-state index contributed by atoms with van der Waals surface area (Å²) in [5, 5.41) is 1.92. The van der Waals surface area contributed by atoms with Crippen LogP contribution in [0.4, 0.5) is 0 Å². The Morgan fingerprint density at radius 1 is 1.33 bits per heavy atom. The smallest absolute Gasteiger partial charge is 0.207 e. The van der Waals surface area contributed by atoms with Crippen molar-refractivity contribution in [3.8, 4) is 0 Å². The minimum absolute atomic E-state index is 0.0209. The minimum atomic E-state index is -0.0209. The molecular weight excluding hydrogens is 228 g/mol. The molecule has 0 bridgehead atoms. The molecule has 100 valence electrons. The maximum absolute atomic E-state index is 5.78. The fourth-order valence-corrected chi connectivity index (χ4v) is 2.41. The molecule has 0 spiro atoms. The van der Waals surface area contributed by atoms with Crippen LogP contribution in [0, 0.1) is 12.8 Å². The molecule has 2 N–H and O–H groups in total. The van der Waals surface area contributed by atoms with Crippen LogP contribution in [0.15, 0.2) is 28.5 Å². The molecule has 1 aliphatic rings. The third-order valence-electron chi connectivity index (χ3n) is 3.11. The van der Waals surface area contributed by atoms with E-state index in [1.165, 1.54) is 0 Å². The van der Waals surface area contributed by atoms with E-state index < -0.39 is 0 Å². The number of hydrogen-bond acceptors (Lipinski definition) is 4. The van der Waals surface area contributed by atoms with Gasteiger partial charge in [0.2, 0.25) is 5.88 Å². The monoisotopic (exact) mass is 250 g/mol. The van der Waals surface area contributed by atoms with Gasteiger partial charge in [-0.2, -0.15) is 0 Å². The van der Waals surface area contributed by atoms with E-state index in [1.54, 1.807) is 0 Å². The van der Waals surface area contributed by atoms with Crippen molar-refractivity contribution in [2.75, 3.05) is 0 Å². The highest BCUT2D eigenvalue weighted by Crippen LogP contribution is 2.33. The maximum Gasteiger partial charge on any atom is 0.207 e. The van der Waals surface area contributed by atoms with Crippen LogP contribution in [0.3, 0.4) is 0 Å². The SMILES string of the molecule is Cc1ccc(C2C=C(N)ON2C(C)CC(C)C)o1. The van der Waals surface area contributed by atoms with Gasteiger partial charge in [0, 0.05) is 12.1 Å². The molecule has 0 fully saturated rings. The fraction of sp³-hybridized carbons (Fsp3) is 0.571. The molecule has 0 saturated carbocycles. The van der Waals surface area contributed by atoms with Crippen molar-refractivity contribution >= 4 is 0 Å². The summed E-state index contributed by atoms with van der Waals surface area (Å²) < 4.78 is 5.68. The quantitative estimate of drug-likeness (QED) is 0.892. The number of hydrogen-bond donors (Lipinski definition) is 1. The molecule has 2 unspecified atom stereocenters. The highest BCUT2D eigenvalue weighted by molar-refractivity contribution is 5.18. The van der Waals surface area contributed by atoms with Crippen molar-refractivity contribution in [1.29, 1.82) is 0 Å². The average molecular weight is 250 g/mol. The lowest BCUT2D eigenvalue weighted by Gasteiger charge is -2.28. The van der Waals surface area contributed by atoms with Gasteiger partial charge in [0.05, 0.1) is 0 Å². The predicted molar refractivity (Wildman–Crippen MR) is 70.3 cm³/mol. The average Bonchev–Trinajstić information content (AvgIpc) is 2.83. The molecule has 2 atom stereocenters. The molecule has 1 aromatic heterocycles. The highest BCUT2D eigenvalue weighted by Gasteiger charge is 2.33. The molecular formula is C14H22N2O2. The Kier molecular flexibility index (Phi) is 3.66. The van der Waals surface area contributed by atoms with E-state index in [0.717, 1.165) is 17.9 Å². The van der Waals surface area contributed by atoms with Gasteiger partial charge in [0.25, 0.3) is 0 Å². The number of nitrogens with two attached hydrogens (primary N) is 1. The predicted octanol–water partition coefficient (Wildman–Crippen LogP) is 3.11. The third-order valence-corrected chi connectivity index (χ3v) is 3.11. The van der Waals surface area contributed by atoms with Crippen molar-refractivity contribution in [2.24, 2.45) is 11.7 Å². The molecule has 2 rings (SSSR count). The van der Waals surface area contributed by atoms with Gasteiger partial charge in [-0.15, -0.1) is 5.06 Å². The first kappa shape index (κ1) is 13.0. The van der Waals surface area contributed by atoms with E-state index in [9.17, 15) is 0 Å². The van der Waals surface area contributed by atoms with Gasteiger partial charge in [0.15, 0.2) is 0 Å². The van der Waals surface area contributed by atoms with Crippen LogP contribution in [-0.2, 0) is 4.84 Å². The van der Waals surface area contributed by atoms with Crippen LogP contribution >= 0.6 is 0 Å². The Morgan fingerprint density at radius 2 is 2.06 bits per heavy atom. The van der Waals surface area contributed by atoms with Crippen LogP contribution in [0.1, 0.15) is 44.8 Å². The number of hydroxylamine groups is 2. The molecule has 0 saturated heterocycles. The van der Waals surface area contributed by atoms with Crippen LogP contribution < -0.4 is 5.73 Å². The molecule has 18 heavy (non-hydrogen) atoms. The van der Waals surface area contributed by atoms with Gasteiger partial charge < -0.3 is 15.0 Å². The third kappa shape index (κ3) is 2.70. The summed E-state index contributed by atoms with van der Waals surface area (Å²) in [6, 6.07) is 4.21. The largest absolute Gasteiger partial charge is 0.464 e. The summed E-state index contributed by atoms with van der Waals surface area (Å²) in [4.78, 5) is 5.61. The van der Waals surface area contributed by atoms with Crippen molar-refractivity contribution in [3.05, 3.63) is 35.6 Å². The summed E-state index contributed by atoms with van der Waals surface area (Å²) >= 11 is 0. The molecule has 2 heterocycles. The van der Waals surface area contributed by atoms with Gasteiger partial charge in [-0.05, 0) is 38.3 Å². The lowest BCUT2D eigenvalue weighted by Crippen LogP contribution is -2.33. The van der Waals surface area contributed by atoms with Gasteiger partial charge in [-0.25, -0.2) is 0 Å². The fourth-order valence-electron chi connectivity index (χ4n) is 2.41. The maximum atomic E-state index is 5.78. The topological polar surface area (TPSA) is 51.6 Å². The van der Waals surface area contributed by atoms with Gasteiger partial charge >= 0.3 is 0 Å². The molecule has 0 aliphatic carbocycles. The second kappa shape index (κ2) is 5.06. The number of nitrogens with zero attached hydrogens (tertiary/aromatic N) is 1. The van der Waals surface area contributed by atoms with Crippen LogP contribution in [0.5, 0.6) is 0 Å². The Hall–Kier alpha value is -1.42. The second-order valence-electron chi connectivity index (χ2n) is 5.39. The van der Waals surface area contributed by atoms with Crippen LogP contribution in [0.2, 0.25) is 0 Å².